The number of pyridine rings is 1. The highest BCUT2D eigenvalue weighted by atomic mass is 16.5. The number of nitrogens with zero attached hydrogens (tertiary/aromatic N) is 1. The van der Waals surface area contributed by atoms with Crippen LogP contribution in [0.1, 0.15) is 36.5 Å². The quantitative estimate of drug-likeness (QED) is 0.613. The minimum atomic E-state index is -0.235. The summed E-state index contributed by atoms with van der Waals surface area (Å²) in [5, 5.41) is 3.93. The van der Waals surface area contributed by atoms with Gasteiger partial charge in [0.2, 0.25) is 0 Å². The molecule has 1 aromatic heterocycles. The van der Waals surface area contributed by atoms with Gasteiger partial charge in [-0.3, -0.25) is 4.79 Å². The smallest absolute Gasteiger partial charge is 0.322 e. The van der Waals surface area contributed by atoms with Crippen molar-refractivity contribution >= 4 is 22.6 Å². The molecule has 6 nitrogen and oxygen atoms in total. The standard InChI is InChI=1S/C25H29N3O3/c1-3-18-8-11-23-19(13-18)14-20(24(29)27-23)15-28(16-22-5-4-12-31-22)25(30)26-21-9-6-17(2)7-10-21/h6-11,13-14,22H,3-5,12,15-16H2,1-2H3,(H,26,30)(H,27,29)/t22-/m0/s1. The zero-order chi connectivity index (χ0) is 21.8. The summed E-state index contributed by atoms with van der Waals surface area (Å²) in [5.74, 6) is 0. The third kappa shape index (κ3) is 5.14. The monoisotopic (exact) mass is 419 g/mol. The molecule has 0 radical (unpaired) electrons. The number of aryl methyl sites for hydroxylation is 2. The summed E-state index contributed by atoms with van der Waals surface area (Å²) in [5.41, 5.74) is 4.27. The number of carbonyl (C=O) groups excluding carboxylic acids is 1. The van der Waals surface area contributed by atoms with Crippen LogP contribution < -0.4 is 10.9 Å². The second kappa shape index (κ2) is 9.35. The van der Waals surface area contributed by atoms with Crippen molar-refractivity contribution in [3.05, 3.63) is 75.6 Å². The molecule has 1 aliphatic rings. The molecule has 1 atom stereocenters. The van der Waals surface area contributed by atoms with Crippen LogP contribution in [0.2, 0.25) is 0 Å². The van der Waals surface area contributed by atoms with E-state index in [0.29, 0.717) is 18.7 Å². The van der Waals surface area contributed by atoms with Gasteiger partial charge in [0.05, 0.1) is 12.6 Å². The van der Waals surface area contributed by atoms with Crippen molar-refractivity contribution in [1.82, 2.24) is 9.88 Å². The Balaban J connectivity index is 1.60. The van der Waals surface area contributed by atoms with Crippen LogP contribution in [-0.4, -0.2) is 35.2 Å². The molecule has 6 heteroatoms. The van der Waals surface area contributed by atoms with E-state index >= 15 is 0 Å². The number of carbonyl (C=O) groups is 1. The Kier molecular flexibility index (Phi) is 6.37. The maximum absolute atomic E-state index is 13.1. The summed E-state index contributed by atoms with van der Waals surface area (Å²) in [6.07, 6.45) is 2.83. The van der Waals surface area contributed by atoms with Gasteiger partial charge >= 0.3 is 6.03 Å². The summed E-state index contributed by atoms with van der Waals surface area (Å²) in [4.78, 5) is 30.5. The lowest BCUT2D eigenvalue weighted by atomic mass is 10.1. The summed E-state index contributed by atoms with van der Waals surface area (Å²) in [6.45, 7) is 5.50. The van der Waals surface area contributed by atoms with E-state index in [0.717, 1.165) is 41.4 Å². The summed E-state index contributed by atoms with van der Waals surface area (Å²) >= 11 is 0. The third-order valence-electron chi connectivity index (χ3n) is 5.79. The fourth-order valence-corrected chi connectivity index (χ4v) is 3.94. The predicted octanol–water partition coefficient (Wildman–Crippen LogP) is 4.61. The van der Waals surface area contributed by atoms with E-state index < -0.39 is 0 Å². The Morgan fingerprint density at radius 2 is 2.00 bits per heavy atom. The second-order valence-electron chi connectivity index (χ2n) is 8.21. The topological polar surface area (TPSA) is 74.4 Å². The molecular weight excluding hydrogens is 390 g/mol. The number of aromatic amines is 1. The lowest BCUT2D eigenvalue weighted by Crippen LogP contribution is -2.40. The number of benzene rings is 2. The van der Waals surface area contributed by atoms with Crippen LogP contribution in [0, 0.1) is 6.92 Å². The highest BCUT2D eigenvalue weighted by Crippen LogP contribution is 2.19. The highest BCUT2D eigenvalue weighted by Gasteiger charge is 2.24. The third-order valence-corrected chi connectivity index (χ3v) is 5.79. The number of amides is 2. The molecule has 0 saturated carbocycles. The van der Waals surface area contributed by atoms with Crippen molar-refractivity contribution in [2.45, 2.75) is 45.8 Å². The van der Waals surface area contributed by atoms with Crippen molar-refractivity contribution < 1.29 is 9.53 Å². The molecule has 0 unspecified atom stereocenters. The number of hydrogen-bond acceptors (Lipinski definition) is 3. The Morgan fingerprint density at radius 1 is 1.19 bits per heavy atom. The SMILES string of the molecule is CCc1ccc2[nH]c(=O)c(CN(C[C@@H]3CCCO3)C(=O)Nc3ccc(C)cc3)cc2c1. The van der Waals surface area contributed by atoms with Gasteiger partial charge in [0.15, 0.2) is 0 Å². The second-order valence-corrected chi connectivity index (χ2v) is 8.21. The fraction of sp³-hybridized carbons (Fsp3) is 0.360. The molecule has 0 aliphatic carbocycles. The summed E-state index contributed by atoms with van der Waals surface area (Å²) in [6, 6.07) is 15.4. The van der Waals surface area contributed by atoms with Gasteiger partial charge in [-0.05, 0) is 67.5 Å². The average molecular weight is 420 g/mol. The van der Waals surface area contributed by atoms with Crippen LogP contribution in [0.4, 0.5) is 10.5 Å². The van der Waals surface area contributed by atoms with Crippen LogP contribution in [0.25, 0.3) is 10.9 Å². The Morgan fingerprint density at radius 3 is 2.71 bits per heavy atom. The number of fused-ring (bicyclic) bond motifs is 1. The van der Waals surface area contributed by atoms with Crippen LogP contribution >= 0.6 is 0 Å². The van der Waals surface area contributed by atoms with Crippen molar-refractivity contribution in [2.24, 2.45) is 0 Å². The Labute approximate surface area is 182 Å². The number of nitrogens with one attached hydrogen (secondary N) is 2. The fourth-order valence-electron chi connectivity index (χ4n) is 3.94. The molecule has 2 heterocycles. The predicted molar refractivity (Wildman–Crippen MR) is 124 cm³/mol. The number of rotatable bonds is 6. The van der Waals surface area contributed by atoms with E-state index in [2.05, 4.69) is 23.3 Å². The van der Waals surface area contributed by atoms with Gasteiger partial charge in [0.25, 0.3) is 5.56 Å². The summed E-state index contributed by atoms with van der Waals surface area (Å²) in [7, 11) is 0. The molecular formula is C25H29N3O3. The van der Waals surface area contributed by atoms with Gasteiger partial charge < -0.3 is 19.9 Å². The van der Waals surface area contributed by atoms with Crippen LogP contribution in [0.5, 0.6) is 0 Å². The lowest BCUT2D eigenvalue weighted by Gasteiger charge is -2.26. The van der Waals surface area contributed by atoms with Gasteiger partial charge in [-0.25, -0.2) is 4.79 Å². The first-order valence-corrected chi connectivity index (χ1v) is 10.9. The maximum atomic E-state index is 13.1. The van der Waals surface area contributed by atoms with Crippen LogP contribution in [-0.2, 0) is 17.7 Å². The molecule has 162 valence electrons. The van der Waals surface area contributed by atoms with E-state index in [1.807, 2.05) is 49.4 Å². The van der Waals surface area contributed by atoms with Crippen molar-refractivity contribution in [1.29, 1.82) is 0 Å². The zero-order valence-corrected chi connectivity index (χ0v) is 18.1. The first kappa shape index (κ1) is 21.1. The molecule has 0 spiro atoms. The zero-order valence-electron chi connectivity index (χ0n) is 18.1. The minimum Gasteiger partial charge on any atom is -0.376 e. The van der Waals surface area contributed by atoms with E-state index in [1.165, 1.54) is 5.56 Å². The minimum absolute atomic E-state index is 0.00463. The normalized spacial score (nSPS) is 15.9. The van der Waals surface area contributed by atoms with Crippen molar-refractivity contribution in [3.63, 3.8) is 0 Å². The van der Waals surface area contributed by atoms with E-state index in [9.17, 15) is 9.59 Å². The molecule has 2 N–H and O–H groups in total. The van der Waals surface area contributed by atoms with E-state index in [4.69, 9.17) is 4.74 Å². The number of ether oxygens (including phenoxy) is 1. The largest absolute Gasteiger partial charge is 0.376 e. The summed E-state index contributed by atoms with van der Waals surface area (Å²) < 4.78 is 5.76. The molecule has 1 aliphatic heterocycles. The first-order chi connectivity index (χ1) is 15.0. The van der Waals surface area contributed by atoms with Crippen LogP contribution in [0.15, 0.2) is 53.3 Å². The van der Waals surface area contributed by atoms with Gasteiger partial charge in [0, 0.05) is 29.9 Å². The molecule has 31 heavy (non-hydrogen) atoms. The lowest BCUT2D eigenvalue weighted by molar-refractivity contribution is 0.0818. The highest BCUT2D eigenvalue weighted by molar-refractivity contribution is 5.89. The number of H-pyrrole nitrogens is 1. The van der Waals surface area contributed by atoms with E-state index in [1.54, 1.807) is 4.90 Å². The maximum Gasteiger partial charge on any atom is 0.322 e. The molecule has 3 aromatic rings. The van der Waals surface area contributed by atoms with Gasteiger partial charge in [0.1, 0.15) is 0 Å². The number of aromatic nitrogens is 1. The van der Waals surface area contributed by atoms with Gasteiger partial charge in [-0.1, -0.05) is 30.7 Å². The van der Waals surface area contributed by atoms with Crippen molar-refractivity contribution in [3.8, 4) is 0 Å². The van der Waals surface area contributed by atoms with Gasteiger partial charge in [-0.2, -0.15) is 0 Å². The first-order valence-electron chi connectivity index (χ1n) is 10.9. The number of hydrogen-bond donors (Lipinski definition) is 2. The number of anilines is 1. The van der Waals surface area contributed by atoms with E-state index in [-0.39, 0.29) is 24.2 Å². The Hall–Kier alpha value is -3.12. The molecule has 0 bridgehead atoms. The molecule has 2 aromatic carbocycles. The number of urea groups is 1. The molecule has 4 rings (SSSR count). The molecule has 2 amide bonds. The van der Waals surface area contributed by atoms with Crippen molar-refractivity contribution in [2.75, 3.05) is 18.5 Å². The molecule has 1 saturated heterocycles. The van der Waals surface area contributed by atoms with Crippen LogP contribution in [0.3, 0.4) is 0 Å². The van der Waals surface area contributed by atoms with Gasteiger partial charge in [-0.15, -0.1) is 0 Å². The average Bonchev–Trinajstić information content (AvgIpc) is 3.28. The Bertz CT molecular complexity index is 1120. The molecule has 1 fully saturated rings.